The van der Waals surface area contributed by atoms with E-state index in [9.17, 15) is 5.11 Å². The maximum Gasteiger partial charge on any atom is 0.0613 e. The van der Waals surface area contributed by atoms with Crippen LogP contribution in [0.25, 0.3) is 0 Å². The molecule has 1 saturated heterocycles. The molecule has 2 heteroatoms. The number of aliphatic hydroxyl groups is 1. The first-order valence-electron chi connectivity index (χ1n) is 4.69. The van der Waals surface area contributed by atoms with Crippen molar-refractivity contribution in [2.75, 3.05) is 13.2 Å². The molecule has 11 heavy (non-hydrogen) atoms. The molecule has 0 aromatic heterocycles. The molecular formula is C9H19NO. The van der Waals surface area contributed by atoms with Gasteiger partial charge < -0.3 is 10.4 Å². The number of rotatable bonds is 4. The van der Waals surface area contributed by atoms with Gasteiger partial charge in [0.2, 0.25) is 0 Å². The quantitative estimate of drug-likeness (QED) is 0.644. The Morgan fingerprint density at radius 1 is 1.55 bits per heavy atom. The molecule has 0 aromatic rings. The summed E-state index contributed by atoms with van der Waals surface area (Å²) in [6, 6.07) is 0. The lowest BCUT2D eigenvalue weighted by atomic mass is 9.92. The van der Waals surface area contributed by atoms with Crippen LogP contribution in [0.15, 0.2) is 0 Å². The summed E-state index contributed by atoms with van der Waals surface area (Å²) >= 11 is 0. The molecule has 1 aliphatic rings. The SMILES string of the molecule is CCCCC1(CO)CCCN1. The van der Waals surface area contributed by atoms with Crippen molar-refractivity contribution >= 4 is 0 Å². The minimum atomic E-state index is 0.0933. The molecule has 1 atom stereocenters. The molecule has 0 amide bonds. The second-order valence-electron chi connectivity index (χ2n) is 3.57. The summed E-state index contributed by atoms with van der Waals surface area (Å²) in [4.78, 5) is 0. The first kappa shape index (κ1) is 9.01. The van der Waals surface area contributed by atoms with Crippen LogP contribution in [0.3, 0.4) is 0 Å². The molecule has 1 unspecified atom stereocenters. The van der Waals surface area contributed by atoms with Crippen LogP contribution in [-0.2, 0) is 0 Å². The van der Waals surface area contributed by atoms with Crippen molar-refractivity contribution in [3.8, 4) is 0 Å². The molecule has 66 valence electrons. The predicted octanol–water partition coefficient (Wildman–Crippen LogP) is 1.29. The fraction of sp³-hybridized carbons (Fsp3) is 1.00. The monoisotopic (exact) mass is 157 g/mol. The van der Waals surface area contributed by atoms with E-state index in [1.54, 1.807) is 0 Å². The minimum absolute atomic E-state index is 0.0933. The summed E-state index contributed by atoms with van der Waals surface area (Å²) in [7, 11) is 0. The second kappa shape index (κ2) is 4.07. The molecule has 0 saturated carbocycles. The molecule has 1 fully saturated rings. The first-order valence-corrected chi connectivity index (χ1v) is 4.69. The zero-order valence-electron chi connectivity index (χ0n) is 7.40. The van der Waals surface area contributed by atoms with E-state index in [-0.39, 0.29) is 5.54 Å². The molecule has 0 aliphatic carbocycles. The molecule has 2 N–H and O–H groups in total. The van der Waals surface area contributed by atoms with E-state index in [1.165, 1.54) is 19.3 Å². The average Bonchev–Trinajstić information content (AvgIpc) is 2.50. The maximum absolute atomic E-state index is 9.18. The highest BCUT2D eigenvalue weighted by molar-refractivity contribution is 4.91. The number of nitrogens with one attached hydrogen (secondary N) is 1. The number of unbranched alkanes of at least 4 members (excludes halogenated alkanes) is 1. The average molecular weight is 157 g/mol. The molecule has 1 aliphatic heterocycles. The summed E-state index contributed by atoms with van der Waals surface area (Å²) in [5.74, 6) is 0. The second-order valence-corrected chi connectivity index (χ2v) is 3.57. The van der Waals surface area contributed by atoms with Gasteiger partial charge in [0.15, 0.2) is 0 Å². The van der Waals surface area contributed by atoms with Gasteiger partial charge in [-0.3, -0.25) is 0 Å². The molecular weight excluding hydrogens is 138 g/mol. The highest BCUT2D eigenvalue weighted by Crippen LogP contribution is 2.24. The Kier molecular flexibility index (Phi) is 3.34. The van der Waals surface area contributed by atoms with Crippen LogP contribution in [0.2, 0.25) is 0 Å². The molecule has 0 aromatic carbocycles. The molecule has 0 bridgehead atoms. The Morgan fingerprint density at radius 2 is 2.36 bits per heavy atom. The lowest BCUT2D eigenvalue weighted by Gasteiger charge is -2.26. The van der Waals surface area contributed by atoms with Gasteiger partial charge in [0, 0.05) is 5.54 Å². The summed E-state index contributed by atoms with van der Waals surface area (Å²) in [6.45, 7) is 3.59. The Balaban J connectivity index is 2.33. The minimum Gasteiger partial charge on any atom is -0.394 e. The lowest BCUT2D eigenvalue weighted by Crippen LogP contribution is -2.43. The van der Waals surface area contributed by atoms with Gasteiger partial charge in [0.05, 0.1) is 6.61 Å². The van der Waals surface area contributed by atoms with E-state index in [2.05, 4.69) is 12.2 Å². The van der Waals surface area contributed by atoms with Crippen LogP contribution >= 0.6 is 0 Å². The normalized spacial score (nSPS) is 31.1. The topological polar surface area (TPSA) is 32.3 Å². The van der Waals surface area contributed by atoms with Crippen molar-refractivity contribution in [2.24, 2.45) is 0 Å². The third-order valence-electron chi connectivity index (χ3n) is 2.64. The van der Waals surface area contributed by atoms with E-state index in [1.807, 2.05) is 0 Å². The van der Waals surface area contributed by atoms with Crippen molar-refractivity contribution in [3.63, 3.8) is 0 Å². The van der Waals surface area contributed by atoms with Gasteiger partial charge in [-0.25, -0.2) is 0 Å². The fourth-order valence-corrected chi connectivity index (χ4v) is 1.81. The van der Waals surface area contributed by atoms with Gasteiger partial charge in [-0.1, -0.05) is 19.8 Å². The summed E-state index contributed by atoms with van der Waals surface area (Å²) in [6.07, 6.45) is 5.98. The summed E-state index contributed by atoms with van der Waals surface area (Å²) < 4.78 is 0. The van der Waals surface area contributed by atoms with Crippen LogP contribution in [0.4, 0.5) is 0 Å². The van der Waals surface area contributed by atoms with Gasteiger partial charge in [-0.15, -0.1) is 0 Å². The van der Waals surface area contributed by atoms with E-state index in [0.29, 0.717) is 6.61 Å². The smallest absolute Gasteiger partial charge is 0.0613 e. The highest BCUT2D eigenvalue weighted by Gasteiger charge is 2.31. The van der Waals surface area contributed by atoms with Crippen molar-refractivity contribution in [2.45, 2.75) is 44.6 Å². The van der Waals surface area contributed by atoms with Crippen LogP contribution in [0.1, 0.15) is 39.0 Å². The van der Waals surface area contributed by atoms with Crippen molar-refractivity contribution in [1.82, 2.24) is 5.32 Å². The van der Waals surface area contributed by atoms with E-state index < -0.39 is 0 Å². The van der Waals surface area contributed by atoms with Crippen LogP contribution in [-0.4, -0.2) is 23.8 Å². The van der Waals surface area contributed by atoms with Crippen LogP contribution in [0, 0.1) is 0 Å². The molecule has 1 rings (SSSR count). The summed E-state index contributed by atoms with van der Waals surface area (Å²) in [5, 5.41) is 12.6. The van der Waals surface area contributed by atoms with Crippen molar-refractivity contribution < 1.29 is 5.11 Å². The Hall–Kier alpha value is -0.0800. The van der Waals surface area contributed by atoms with Gasteiger partial charge in [0.25, 0.3) is 0 Å². The zero-order valence-corrected chi connectivity index (χ0v) is 7.40. The number of hydrogen-bond donors (Lipinski definition) is 2. The predicted molar refractivity (Wildman–Crippen MR) is 46.6 cm³/mol. The Labute approximate surface area is 69.0 Å². The largest absolute Gasteiger partial charge is 0.394 e. The molecule has 0 radical (unpaired) electrons. The van der Waals surface area contributed by atoms with Crippen LogP contribution < -0.4 is 5.32 Å². The van der Waals surface area contributed by atoms with Gasteiger partial charge in [-0.05, 0) is 25.8 Å². The van der Waals surface area contributed by atoms with E-state index in [4.69, 9.17) is 0 Å². The number of aliphatic hydroxyl groups excluding tert-OH is 1. The third kappa shape index (κ3) is 2.17. The standard InChI is InChI=1S/C9H19NO/c1-2-3-5-9(8-11)6-4-7-10-9/h10-11H,2-8H2,1H3. The van der Waals surface area contributed by atoms with Gasteiger partial charge >= 0.3 is 0 Å². The number of hydrogen-bond acceptors (Lipinski definition) is 2. The van der Waals surface area contributed by atoms with E-state index >= 15 is 0 Å². The molecule has 0 spiro atoms. The fourth-order valence-electron chi connectivity index (χ4n) is 1.81. The van der Waals surface area contributed by atoms with Crippen LogP contribution in [0.5, 0.6) is 0 Å². The van der Waals surface area contributed by atoms with E-state index in [0.717, 1.165) is 19.4 Å². The highest BCUT2D eigenvalue weighted by atomic mass is 16.3. The molecule has 2 nitrogen and oxygen atoms in total. The van der Waals surface area contributed by atoms with Gasteiger partial charge in [-0.2, -0.15) is 0 Å². The maximum atomic E-state index is 9.18. The lowest BCUT2D eigenvalue weighted by molar-refractivity contribution is 0.166. The van der Waals surface area contributed by atoms with Crippen molar-refractivity contribution in [3.05, 3.63) is 0 Å². The summed E-state index contributed by atoms with van der Waals surface area (Å²) in [5.41, 5.74) is 0.0933. The first-order chi connectivity index (χ1) is 5.33. The zero-order chi connectivity index (χ0) is 8.16. The Bertz CT molecular complexity index is 108. The Morgan fingerprint density at radius 3 is 2.82 bits per heavy atom. The molecule has 1 heterocycles. The van der Waals surface area contributed by atoms with Crippen molar-refractivity contribution in [1.29, 1.82) is 0 Å². The third-order valence-corrected chi connectivity index (χ3v) is 2.64. The van der Waals surface area contributed by atoms with Gasteiger partial charge in [0.1, 0.15) is 0 Å².